The van der Waals surface area contributed by atoms with Crippen LogP contribution in [0.4, 0.5) is 0 Å². The molecule has 1 aliphatic rings. The molecule has 3 rings (SSSR count). The van der Waals surface area contributed by atoms with Crippen molar-refractivity contribution < 1.29 is 13.2 Å². The topological polar surface area (TPSA) is 69.7 Å². The van der Waals surface area contributed by atoms with Crippen LogP contribution in [0.25, 0.3) is 0 Å². The monoisotopic (exact) mass is 489 g/mol. The van der Waals surface area contributed by atoms with E-state index in [2.05, 4.69) is 40.7 Å². The molecule has 2 aromatic carbocycles. The third-order valence-corrected chi connectivity index (χ3v) is 9.21. The van der Waals surface area contributed by atoms with Crippen LogP contribution in [0.15, 0.2) is 58.3 Å². The minimum absolute atomic E-state index is 0.155. The molecule has 8 heteroatoms. The lowest BCUT2D eigenvalue weighted by molar-refractivity contribution is 0.0935. The zero-order valence-corrected chi connectivity index (χ0v) is 21.4. The first-order valence-electron chi connectivity index (χ1n) is 11.6. The van der Waals surface area contributed by atoms with Gasteiger partial charge in [-0.25, -0.2) is 8.42 Å². The number of sulfonamides is 1. The summed E-state index contributed by atoms with van der Waals surface area (Å²) in [6.07, 6.45) is 4.23. The molecule has 0 saturated carbocycles. The van der Waals surface area contributed by atoms with Gasteiger partial charge in [-0.1, -0.05) is 32.0 Å². The number of carbonyl (C=O) groups is 1. The van der Waals surface area contributed by atoms with Crippen LogP contribution in [-0.2, 0) is 16.6 Å². The third kappa shape index (κ3) is 6.59. The van der Waals surface area contributed by atoms with E-state index in [9.17, 15) is 13.2 Å². The van der Waals surface area contributed by atoms with Crippen molar-refractivity contribution in [3.63, 3.8) is 0 Å². The summed E-state index contributed by atoms with van der Waals surface area (Å²) >= 11 is 1.79. The van der Waals surface area contributed by atoms with Crippen LogP contribution in [0.5, 0.6) is 0 Å². The summed E-state index contributed by atoms with van der Waals surface area (Å²) in [4.78, 5) is 16.6. The van der Waals surface area contributed by atoms with Gasteiger partial charge in [-0.3, -0.25) is 9.69 Å². The van der Waals surface area contributed by atoms with Crippen LogP contribution in [-0.4, -0.2) is 62.5 Å². The van der Waals surface area contributed by atoms with Crippen molar-refractivity contribution in [3.05, 3.63) is 59.7 Å². The van der Waals surface area contributed by atoms with Crippen molar-refractivity contribution in [3.8, 4) is 0 Å². The molecular weight excluding hydrogens is 454 g/mol. The maximum Gasteiger partial charge on any atom is 0.251 e. The molecule has 1 heterocycles. The smallest absolute Gasteiger partial charge is 0.251 e. The molecule has 33 heavy (non-hydrogen) atoms. The standard InChI is InChI=1S/C25H35N3O3S2/c1-4-28(5-2)33(30,31)23-12-10-21(11-13-23)25(29)26-18-20-14-16-27(17-15-20)19-22-8-6-7-9-24(22)32-3/h6-13,20H,4-5,14-19H2,1-3H3,(H,26,29). The van der Waals surface area contributed by atoms with Gasteiger partial charge in [0.1, 0.15) is 0 Å². The number of nitrogens with one attached hydrogen (secondary N) is 1. The Bertz CT molecular complexity index is 1010. The molecule has 2 aromatic rings. The van der Waals surface area contributed by atoms with Crippen molar-refractivity contribution >= 4 is 27.7 Å². The van der Waals surface area contributed by atoms with Crippen molar-refractivity contribution in [2.75, 3.05) is 39.0 Å². The molecule has 1 amide bonds. The minimum Gasteiger partial charge on any atom is -0.352 e. The Morgan fingerprint density at radius 1 is 1.06 bits per heavy atom. The van der Waals surface area contributed by atoms with Crippen LogP contribution in [0, 0.1) is 5.92 Å². The van der Waals surface area contributed by atoms with Crippen molar-refractivity contribution in [2.45, 2.75) is 43.0 Å². The van der Waals surface area contributed by atoms with Gasteiger partial charge < -0.3 is 5.32 Å². The van der Waals surface area contributed by atoms with E-state index in [4.69, 9.17) is 0 Å². The predicted octanol–water partition coefficient (Wildman–Crippen LogP) is 4.08. The molecule has 0 aromatic heterocycles. The molecule has 0 aliphatic carbocycles. The van der Waals surface area contributed by atoms with E-state index in [0.29, 0.717) is 31.1 Å². The Morgan fingerprint density at radius 3 is 2.30 bits per heavy atom. The summed E-state index contributed by atoms with van der Waals surface area (Å²) in [5.74, 6) is 0.307. The molecule has 1 aliphatic heterocycles. The molecule has 0 unspecified atom stereocenters. The van der Waals surface area contributed by atoms with E-state index in [1.807, 2.05) is 13.8 Å². The molecular formula is C25H35N3O3S2. The zero-order valence-electron chi connectivity index (χ0n) is 19.8. The van der Waals surface area contributed by atoms with E-state index in [0.717, 1.165) is 32.5 Å². The Morgan fingerprint density at radius 2 is 1.70 bits per heavy atom. The lowest BCUT2D eigenvalue weighted by Gasteiger charge is -2.32. The fourth-order valence-corrected chi connectivity index (χ4v) is 6.32. The maximum absolute atomic E-state index is 12.6. The molecule has 0 bridgehead atoms. The number of thioether (sulfide) groups is 1. The number of hydrogen-bond acceptors (Lipinski definition) is 5. The van der Waals surface area contributed by atoms with Gasteiger partial charge in [0.15, 0.2) is 0 Å². The van der Waals surface area contributed by atoms with E-state index >= 15 is 0 Å². The van der Waals surface area contributed by atoms with Gasteiger partial charge in [-0.05, 0) is 74.0 Å². The fraction of sp³-hybridized carbons (Fsp3) is 0.480. The summed E-state index contributed by atoms with van der Waals surface area (Å²) < 4.78 is 26.6. The van der Waals surface area contributed by atoms with Gasteiger partial charge in [0, 0.05) is 36.6 Å². The van der Waals surface area contributed by atoms with Gasteiger partial charge in [-0.15, -0.1) is 11.8 Å². The lowest BCUT2D eigenvalue weighted by atomic mass is 9.96. The number of carbonyl (C=O) groups excluding carboxylic acids is 1. The number of hydrogen-bond donors (Lipinski definition) is 1. The molecule has 1 saturated heterocycles. The van der Waals surface area contributed by atoms with E-state index in [-0.39, 0.29) is 10.8 Å². The minimum atomic E-state index is -3.51. The average Bonchev–Trinajstić information content (AvgIpc) is 2.84. The van der Waals surface area contributed by atoms with Crippen molar-refractivity contribution in [2.24, 2.45) is 5.92 Å². The number of amides is 1. The highest BCUT2D eigenvalue weighted by Gasteiger charge is 2.23. The van der Waals surface area contributed by atoms with Gasteiger partial charge in [-0.2, -0.15) is 4.31 Å². The average molecular weight is 490 g/mol. The highest BCUT2D eigenvalue weighted by molar-refractivity contribution is 7.98. The summed E-state index contributed by atoms with van der Waals surface area (Å²) in [6, 6.07) is 14.8. The first kappa shape index (κ1) is 25.7. The summed E-state index contributed by atoms with van der Waals surface area (Å²) in [6.45, 7) is 8.15. The van der Waals surface area contributed by atoms with Crippen molar-refractivity contribution in [1.82, 2.24) is 14.5 Å². The van der Waals surface area contributed by atoms with Gasteiger partial charge in [0.25, 0.3) is 5.91 Å². The first-order valence-corrected chi connectivity index (χ1v) is 14.3. The third-order valence-electron chi connectivity index (χ3n) is 6.30. The molecule has 0 atom stereocenters. The number of benzene rings is 2. The predicted molar refractivity (Wildman–Crippen MR) is 135 cm³/mol. The van der Waals surface area contributed by atoms with Crippen LogP contribution in [0.1, 0.15) is 42.6 Å². The highest BCUT2D eigenvalue weighted by Crippen LogP contribution is 2.24. The van der Waals surface area contributed by atoms with Crippen LogP contribution in [0.2, 0.25) is 0 Å². The molecule has 1 fully saturated rings. The lowest BCUT2D eigenvalue weighted by Crippen LogP contribution is -2.38. The van der Waals surface area contributed by atoms with Crippen LogP contribution >= 0.6 is 11.8 Å². The fourth-order valence-electron chi connectivity index (χ4n) is 4.25. The molecule has 1 N–H and O–H groups in total. The van der Waals surface area contributed by atoms with E-state index in [1.165, 1.54) is 26.9 Å². The second kappa shape index (κ2) is 12.0. The number of piperidine rings is 1. The Kier molecular flexibility index (Phi) is 9.37. The Labute approximate surface area is 202 Å². The van der Waals surface area contributed by atoms with Gasteiger partial charge in [0.05, 0.1) is 4.90 Å². The quantitative estimate of drug-likeness (QED) is 0.509. The highest BCUT2D eigenvalue weighted by atomic mass is 32.2. The van der Waals surface area contributed by atoms with Crippen molar-refractivity contribution in [1.29, 1.82) is 0 Å². The Hall–Kier alpha value is -1.87. The summed E-state index contributed by atoms with van der Waals surface area (Å²) in [5.41, 5.74) is 1.86. The zero-order chi connectivity index (χ0) is 23.8. The maximum atomic E-state index is 12.6. The van der Waals surface area contributed by atoms with E-state index in [1.54, 1.807) is 23.9 Å². The van der Waals surface area contributed by atoms with Gasteiger partial charge in [0.2, 0.25) is 10.0 Å². The molecule has 180 valence electrons. The second-order valence-electron chi connectivity index (χ2n) is 8.36. The second-order valence-corrected chi connectivity index (χ2v) is 11.1. The molecule has 6 nitrogen and oxygen atoms in total. The SMILES string of the molecule is CCN(CC)S(=O)(=O)c1ccc(C(=O)NCC2CCN(Cc3ccccc3SC)CC2)cc1. The summed E-state index contributed by atoms with van der Waals surface area (Å²) in [5, 5.41) is 3.03. The number of nitrogens with zero attached hydrogens (tertiary/aromatic N) is 2. The Balaban J connectivity index is 1.48. The normalized spacial score (nSPS) is 15.6. The number of rotatable bonds is 10. The largest absolute Gasteiger partial charge is 0.352 e. The van der Waals surface area contributed by atoms with Gasteiger partial charge >= 0.3 is 0 Å². The molecule has 0 spiro atoms. The number of likely N-dealkylation sites (tertiary alicyclic amines) is 1. The van der Waals surface area contributed by atoms with Crippen LogP contribution in [0.3, 0.4) is 0 Å². The molecule has 0 radical (unpaired) electrons. The first-order chi connectivity index (χ1) is 15.9. The van der Waals surface area contributed by atoms with E-state index < -0.39 is 10.0 Å². The summed E-state index contributed by atoms with van der Waals surface area (Å²) in [7, 11) is -3.51. The van der Waals surface area contributed by atoms with Crippen LogP contribution < -0.4 is 5.32 Å².